The number of aliphatic hydroxyl groups is 1. The normalized spacial score (nSPS) is 23.4. The van der Waals surface area contributed by atoms with Crippen LogP contribution in [0, 0.1) is 0 Å². The van der Waals surface area contributed by atoms with Gasteiger partial charge in [-0.15, -0.1) is 0 Å². The predicted molar refractivity (Wildman–Crippen MR) is 122 cm³/mol. The van der Waals surface area contributed by atoms with Gasteiger partial charge in [0.2, 0.25) is 11.8 Å². The fourth-order valence-electron chi connectivity index (χ4n) is 4.44. The zero-order valence-corrected chi connectivity index (χ0v) is 18.9. The van der Waals surface area contributed by atoms with Gasteiger partial charge in [-0.1, -0.05) is 6.07 Å². The molecule has 1 fully saturated rings. The van der Waals surface area contributed by atoms with Crippen LogP contribution in [0.3, 0.4) is 0 Å². The molecule has 1 aromatic carbocycles. The molecule has 33 heavy (non-hydrogen) atoms. The van der Waals surface area contributed by atoms with Crippen molar-refractivity contribution in [2.45, 2.75) is 43.6 Å². The molecule has 0 aliphatic carbocycles. The number of likely N-dealkylation sites (N-methyl/N-ethyl adjacent to an activating group) is 1. The molecule has 2 aliphatic heterocycles. The molecule has 2 aliphatic rings. The lowest BCUT2D eigenvalue weighted by Crippen LogP contribution is -2.47. The molecule has 2 amide bonds. The Hall–Kier alpha value is -3.01. The highest BCUT2D eigenvalue weighted by molar-refractivity contribution is 5.92. The maximum atomic E-state index is 12.5. The number of aromatic nitrogens is 1. The number of hydrogen-bond acceptors (Lipinski definition) is 7. The zero-order chi connectivity index (χ0) is 23.4. The third-order valence-corrected chi connectivity index (χ3v) is 5.87. The van der Waals surface area contributed by atoms with Gasteiger partial charge in [0.25, 0.3) is 0 Å². The number of hydrogen-bond donors (Lipinski definition) is 3. The Kier molecular flexibility index (Phi) is 7.22. The van der Waals surface area contributed by atoms with Crippen molar-refractivity contribution in [2.24, 2.45) is 0 Å². The van der Waals surface area contributed by atoms with E-state index in [1.54, 1.807) is 17.3 Å². The molecule has 176 valence electrons. The molecule has 4 atom stereocenters. The SMILES string of the molecule is CN(C)CC(=O)Nc1ccc2c(c1)[C@@H]1C[C@H](CC(=O)NCc3cccnc3)O[C@H](CO)[C@@H]1O2. The summed E-state index contributed by atoms with van der Waals surface area (Å²) in [7, 11) is 3.68. The van der Waals surface area contributed by atoms with Crippen LogP contribution in [0.15, 0.2) is 42.7 Å². The van der Waals surface area contributed by atoms with Gasteiger partial charge in [-0.2, -0.15) is 0 Å². The van der Waals surface area contributed by atoms with Gasteiger partial charge in [-0.25, -0.2) is 0 Å². The average Bonchev–Trinajstić information content (AvgIpc) is 3.15. The second-order valence-electron chi connectivity index (χ2n) is 8.78. The summed E-state index contributed by atoms with van der Waals surface area (Å²) >= 11 is 0. The van der Waals surface area contributed by atoms with Gasteiger partial charge < -0.3 is 30.1 Å². The Morgan fingerprint density at radius 2 is 2.09 bits per heavy atom. The van der Waals surface area contributed by atoms with Crippen LogP contribution in [0.1, 0.15) is 29.9 Å². The summed E-state index contributed by atoms with van der Waals surface area (Å²) in [6, 6.07) is 9.29. The van der Waals surface area contributed by atoms with Crippen molar-refractivity contribution in [2.75, 3.05) is 32.6 Å². The maximum absolute atomic E-state index is 12.5. The van der Waals surface area contributed by atoms with Crippen LogP contribution in [0.5, 0.6) is 5.75 Å². The van der Waals surface area contributed by atoms with E-state index in [9.17, 15) is 14.7 Å². The highest BCUT2D eigenvalue weighted by Gasteiger charge is 2.46. The number of rotatable bonds is 8. The summed E-state index contributed by atoms with van der Waals surface area (Å²) < 4.78 is 12.1. The number of nitrogens with zero attached hydrogens (tertiary/aromatic N) is 2. The van der Waals surface area contributed by atoms with Crippen LogP contribution in [0.25, 0.3) is 0 Å². The first kappa shape index (κ1) is 23.2. The molecule has 3 N–H and O–H groups in total. The minimum Gasteiger partial charge on any atom is -0.487 e. The lowest BCUT2D eigenvalue weighted by atomic mass is 9.84. The molecule has 0 unspecified atom stereocenters. The molecule has 1 saturated heterocycles. The van der Waals surface area contributed by atoms with Crippen molar-refractivity contribution in [3.05, 3.63) is 53.9 Å². The van der Waals surface area contributed by atoms with E-state index in [-0.39, 0.29) is 49.5 Å². The summed E-state index contributed by atoms with van der Waals surface area (Å²) in [5.41, 5.74) is 2.58. The monoisotopic (exact) mass is 454 g/mol. The highest BCUT2D eigenvalue weighted by Crippen LogP contribution is 2.47. The third kappa shape index (κ3) is 5.68. The number of ether oxygens (including phenoxy) is 2. The number of pyridine rings is 1. The van der Waals surface area contributed by atoms with Gasteiger partial charge in [-0.05, 0) is 50.3 Å². The maximum Gasteiger partial charge on any atom is 0.238 e. The Morgan fingerprint density at radius 3 is 2.82 bits per heavy atom. The van der Waals surface area contributed by atoms with Gasteiger partial charge in [-0.3, -0.25) is 14.6 Å². The highest BCUT2D eigenvalue weighted by atomic mass is 16.6. The molecule has 2 aromatic rings. The van der Waals surface area contributed by atoms with Crippen molar-refractivity contribution >= 4 is 17.5 Å². The number of benzene rings is 1. The Bertz CT molecular complexity index is 984. The first-order valence-electron chi connectivity index (χ1n) is 11.1. The van der Waals surface area contributed by atoms with Gasteiger partial charge >= 0.3 is 0 Å². The fourth-order valence-corrected chi connectivity index (χ4v) is 4.44. The quantitative estimate of drug-likeness (QED) is 0.551. The fraction of sp³-hybridized carbons (Fsp3) is 0.458. The number of carbonyl (C=O) groups is 2. The molecule has 9 nitrogen and oxygen atoms in total. The van der Waals surface area contributed by atoms with E-state index in [1.165, 1.54) is 0 Å². The minimum atomic E-state index is -0.529. The molecular formula is C24H30N4O5. The Morgan fingerprint density at radius 1 is 1.24 bits per heavy atom. The minimum absolute atomic E-state index is 0.0345. The van der Waals surface area contributed by atoms with E-state index in [0.29, 0.717) is 18.7 Å². The van der Waals surface area contributed by atoms with Crippen LogP contribution in [0.2, 0.25) is 0 Å². The van der Waals surface area contributed by atoms with Crippen LogP contribution in [-0.4, -0.2) is 72.4 Å². The van der Waals surface area contributed by atoms with E-state index in [2.05, 4.69) is 15.6 Å². The van der Waals surface area contributed by atoms with Crippen molar-refractivity contribution in [3.63, 3.8) is 0 Å². The van der Waals surface area contributed by atoms with Crippen LogP contribution >= 0.6 is 0 Å². The van der Waals surface area contributed by atoms with E-state index in [4.69, 9.17) is 9.47 Å². The second-order valence-corrected chi connectivity index (χ2v) is 8.78. The van der Waals surface area contributed by atoms with Crippen LogP contribution < -0.4 is 15.4 Å². The van der Waals surface area contributed by atoms with E-state index >= 15 is 0 Å². The summed E-state index contributed by atoms with van der Waals surface area (Å²) in [6.45, 7) is 0.489. The molecule has 0 radical (unpaired) electrons. The lowest BCUT2D eigenvalue weighted by molar-refractivity contribution is -0.142. The van der Waals surface area contributed by atoms with Crippen molar-refractivity contribution in [1.29, 1.82) is 0 Å². The molecule has 9 heteroatoms. The summed E-state index contributed by atoms with van der Waals surface area (Å²) in [5.74, 6) is 0.466. The molecule has 3 heterocycles. The van der Waals surface area contributed by atoms with Gasteiger partial charge in [0.1, 0.15) is 18.0 Å². The number of nitrogens with one attached hydrogen (secondary N) is 2. The molecule has 4 rings (SSSR count). The van der Waals surface area contributed by atoms with E-state index < -0.39 is 6.10 Å². The number of amides is 2. The van der Waals surface area contributed by atoms with Crippen molar-refractivity contribution < 1.29 is 24.2 Å². The zero-order valence-electron chi connectivity index (χ0n) is 18.9. The van der Waals surface area contributed by atoms with E-state index in [0.717, 1.165) is 16.9 Å². The van der Waals surface area contributed by atoms with Gasteiger partial charge in [0.15, 0.2) is 0 Å². The number of anilines is 1. The summed E-state index contributed by atoms with van der Waals surface area (Å²) in [4.78, 5) is 30.5. The largest absolute Gasteiger partial charge is 0.487 e. The number of aliphatic hydroxyl groups excluding tert-OH is 1. The third-order valence-electron chi connectivity index (χ3n) is 5.87. The van der Waals surface area contributed by atoms with Crippen molar-refractivity contribution in [3.8, 4) is 5.75 Å². The molecule has 0 spiro atoms. The van der Waals surface area contributed by atoms with Gasteiger partial charge in [0, 0.05) is 36.1 Å². The molecule has 1 aromatic heterocycles. The standard InChI is InChI=1S/C24H30N4O5/c1-28(2)13-23(31)27-16-5-6-20-18(8-16)19-9-17(32-21(14-29)24(19)33-20)10-22(30)26-12-15-4-3-7-25-11-15/h3-8,11,17,19,21,24,29H,9-10,12-14H2,1-2H3,(H,26,30)(H,27,31)/t17-,19+,21-,24-/m1/s1. The van der Waals surface area contributed by atoms with Crippen LogP contribution in [0.4, 0.5) is 5.69 Å². The predicted octanol–water partition coefficient (Wildman–Crippen LogP) is 1.28. The first-order valence-corrected chi connectivity index (χ1v) is 11.1. The van der Waals surface area contributed by atoms with Crippen LogP contribution in [-0.2, 0) is 20.9 Å². The molecule has 0 saturated carbocycles. The first-order chi connectivity index (χ1) is 15.9. The Balaban J connectivity index is 1.42. The summed E-state index contributed by atoms with van der Waals surface area (Å²) in [6.07, 6.45) is 2.97. The summed E-state index contributed by atoms with van der Waals surface area (Å²) in [5, 5.41) is 15.7. The second kappa shape index (κ2) is 10.3. The lowest BCUT2D eigenvalue weighted by Gasteiger charge is -2.37. The van der Waals surface area contributed by atoms with Gasteiger partial charge in [0.05, 0.1) is 25.7 Å². The smallest absolute Gasteiger partial charge is 0.238 e. The molecule has 0 bridgehead atoms. The van der Waals surface area contributed by atoms with Crippen molar-refractivity contribution in [1.82, 2.24) is 15.2 Å². The average molecular weight is 455 g/mol. The number of carbonyl (C=O) groups excluding carboxylic acids is 2. The topological polar surface area (TPSA) is 113 Å². The van der Waals surface area contributed by atoms with E-state index in [1.807, 2.05) is 44.4 Å². The number of fused-ring (bicyclic) bond motifs is 3. The Labute approximate surface area is 193 Å². The molecular weight excluding hydrogens is 424 g/mol.